The van der Waals surface area contributed by atoms with Crippen LogP contribution in [-0.2, 0) is 23.0 Å². The van der Waals surface area contributed by atoms with Crippen LogP contribution in [0, 0.1) is 0 Å². The fourth-order valence-corrected chi connectivity index (χ4v) is 2.09. The summed E-state index contributed by atoms with van der Waals surface area (Å²) in [4.78, 5) is 22.0. The summed E-state index contributed by atoms with van der Waals surface area (Å²) in [6.45, 7) is 0. The summed E-state index contributed by atoms with van der Waals surface area (Å²) in [5, 5.41) is 11.8. The van der Waals surface area contributed by atoms with E-state index in [1.807, 2.05) is 17.7 Å². The first kappa shape index (κ1) is 13.1. The van der Waals surface area contributed by atoms with E-state index in [-0.39, 0.29) is 11.5 Å². The van der Waals surface area contributed by atoms with E-state index in [1.54, 1.807) is 12.1 Å². The number of ether oxygens (including phenoxy) is 1. The maximum absolute atomic E-state index is 11.1. The van der Waals surface area contributed by atoms with Gasteiger partial charge in [-0.3, -0.25) is 4.79 Å². The molecule has 5 heteroatoms. The monoisotopic (exact) mass is 260 g/mol. The molecule has 0 saturated carbocycles. The Kier molecular flexibility index (Phi) is 3.55. The van der Waals surface area contributed by atoms with Crippen LogP contribution < -0.4 is 5.11 Å². The lowest BCUT2D eigenvalue weighted by Crippen LogP contribution is -2.22. The summed E-state index contributed by atoms with van der Waals surface area (Å²) in [5.41, 5.74) is 1.91. The van der Waals surface area contributed by atoms with E-state index in [4.69, 9.17) is 0 Å². The van der Waals surface area contributed by atoms with Crippen molar-refractivity contribution >= 4 is 22.8 Å². The molecular formula is C14H14NO4-. The summed E-state index contributed by atoms with van der Waals surface area (Å²) in [7, 11) is 3.20. The van der Waals surface area contributed by atoms with Crippen LogP contribution in [0.1, 0.15) is 22.5 Å². The Balaban J connectivity index is 2.34. The Labute approximate surface area is 110 Å². The Morgan fingerprint density at radius 3 is 2.68 bits per heavy atom. The number of fused-ring (bicyclic) bond motifs is 1. The van der Waals surface area contributed by atoms with Gasteiger partial charge in [0.25, 0.3) is 0 Å². The van der Waals surface area contributed by atoms with Gasteiger partial charge >= 0.3 is 5.97 Å². The van der Waals surface area contributed by atoms with Gasteiger partial charge in [0.15, 0.2) is 0 Å². The van der Waals surface area contributed by atoms with Crippen molar-refractivity contribution in [1.82, 2.24) is 4.57 Å². The number of aromatic carboxylic acids is 1. The predicted octanol–water partition coefficient (Wildman–Crippen LogP) is 0.647. The highest BCUT2D eigenvalue weighted by atomic mass is 16.5. The van der Waals surface area contributed by atoms with Gasteiger partial charge in [0.05, 0.1) is 19.5 Å². The highest BCUT2D eigenvalue weighted by Crippen LogP contribution is 2.21. The maximum atomic E-state index is 11.1. The molecule has 0 fully saturated rings. The molecule has 19 heavy (non-hydrogen) atoms. The summed E-state index contributed by atoms with van der Waals surface area (Å²) in [6, 6.07) is 6.77. The molecule has 0 saturated heterocycles. The van der Waals surface area contributed by atoms with Crippen LogP contribution >= 0.6 is 0 Å². The zero-order valence-corrected chi connectivity index (χ0v) is 10.8. The number of hydrogen-bond donors (Lipinski definition) is 0. The second kappa shape index (κ2) is 5.14. The number of benzene rings is 1. The normalized spacial score (nSPS) is 10.6. The number of aromatic nitrogens is 1. The van der Waals surface area contributed by atoms with Crippen LogP contribution in [0.2, 0.25) is 0 Å². The Hall–Kier alpha value is -2.30. The van der Waals surface area contributed by atoms with Gasteiger partial charge in [0.1, 0.15) is 0 Å². The largest absolute Gasteiger partial charge is 0.545 e. The fraction of sp³-hybridized carbons (Fsp3) is 0.286. The van der Waals surface area contributed by atoms with Crippen molar-refractivity contribution in [3.05, 3.63) is 35.5 Å². The molecule has 0 bridgehead atoms. The number of methoxy groups -OCH3 is 1. The van der Waals surface area contributed by atoms with E-state index in [2.05, 4.69) is 4.74 Å². The number of carboxylic acid groups (broad SMARTS) is 1. The van der Waals surface area contributed by atoms with Crippen LogP contribution in [0.25, 0.3) is 10.9 Å². The average Bonchev–Trinajstić information content (AvgIpc) is 2.72. The van der Waals surface area contributed by atoms with Crippen molar-refractivity contribution in [3.8, 4) is 0 Å². The van der Waals surface area contributed by atoms with Gasteiger partial charge < -0.3 is 19.2 Å². The molecule has 5 nitrogen and oxygen atoms in total. The predicted molar refractivity (Wildman–Crippen MR) is 67.6 cm³/mol. The number of aryl methyl sites for hydroxylation is 2. The van der Waals surface area contributed by atoms with Gasteiger partial charge in [-0.25, -0.2) is 0 Å². The third-order valence-corrected chi connectivity index (χ3v) is 3.19. The standard InChI is InChI=1S/C14H15NO4/c1-15-11(5-6-13(16)19-2)7-9-3-4-10(14(17)18)8-12(9)15/h3-4,7-8H,5-6H2,1-2H3,(H,17,18)/p-1. The van der Waals surface area contributed by atoms with E-state index >= 15 is 0 Å². The summed E-state index contributed by atoms with van der Waals surface area (Å²) in [6.07, 6.45) is 0.854. The van der Waals surface area contributed by atoms with Crippen molar-refractivity contribution in [2.45, 2.75) is 12.8 Å². The van der Waals surface area contributed by atoms with Crippen LogP contribution in [0.5, 0.6) is 0 Å². The first-order valence-electron chi connectivity index (χ1n) is 5.89. The van der Waals surface area contributed by atoms with Crippen molar-refractivity contribution in [1.29, 1.82) is 0 Å². The molecule has 1 aromatic carbocycles. The third-order valence-electron chi connectivity index (χ3n) is 3.19. The molecule has 0 atom stereocenters. The van der Waals surface area contributed by atoms with Gasteiger partial charge in [0, 0.05) is 18.3 Å². The summed E-state index contributed by atoms with van der Waals surface area (Å²) < 4.78 is 6.48. The Morgan fingerprint density at radius 1 is 1.32 bits per heavy atom. The molecule has 1 heterocycles. The molecule has 0 N–H and O–H groups in total. The first-order chi connectivity index (χ1) is 9.02. The van der Waals surface area contributed by atoms with Crippen LogP contribution in [0.3, 0.4) is 0 Å². The maximum Gasteiger partial charge on any atom is 0.305 e. The van der Waals surface area contributed by atoms with Crippen LogP contribution in [0.15, 0.2) is 24.3 Å². The third kappa shape index (κ3) is 2.59. The quantitative estimate of drug-likeness (QED) is 0.757. The number of rotatable bonds is 4. The van der Waals surface area contributed by atoms with E-state index in [0.29, 0.717) is 12.8 Å². The molecule has 2 rings (SSSR count). The number of carbonyl (C=O) groups is 2. The lowest BCUT2D eigenvalue weighted by molar-refractivity contribution is -0.255. The zero-order valence-electron chi connectivity index (χ0n) is 10.8. The second-order valence-corrected chi connectivity index (χ2v) is 4.33. The highest BCUT2D eigenvalue weighted by molar-refractivity contribution is 5.92. The second-order valence-electron chi connectivity index (χ2n) is 4.33. The molecule has 1 aromatic heterocycles. The molecule has 0 aliphatic heterocycles. The minimum Gasteiger partial charge on any atom is -0.545 e. The van der Waals surface area contributed by atoms with Crippen molar-refractivity contribution in [3.63, 3.8) is 0 Å². The highest BCUT2D eigenvalue weighted by Gasteiger charge is 2.09. The smallest absolute Gasteiger partial charge is 0.305 e. The van der Waals surface area contributed by atoms with Gasteiger partial charge in [-0.05, 0) is 29.5 Å². The number of hydrogen-bond acceptors (Lipinski definition) is 4. The SMILES string of the molecule is COC(=O)CCc1cc2ccc(C(=O)[O-])cc2n1C. The van der Waals surface area contributed by atoms with Crippen LogP contribution in [0.4, 0.5) is 0 Å². The summed E-state index contributed by atoms with van der Waals surface area (Å²) in [5.74, 6) is -1.46. The Morgan fingerprint density at radius 2 is 2.05 bits per heavy atom. The number of carbonyl (C=O) groups excluding carboxylic acids is 2. The molecule has 0 aliphatic rings. The molecule has 0 aliphatic carbocycles. The topological polar surface area (TPSA) is 71.4 Å². The van der Waals surface area contributed by atoms with Gasteiger partial charge in [-0.1, -0.05) is 12.1 Å². The first-order valence-corrected chi connectivity index (χ1v) is 5.89. The minimum absolute atomic E-state index is 0.146. The van der Waals surface area contributed by atoms with E-state index in [9.17, 15) is 14.7 Å². The van der Waals surface area contributed by atoms with E-state index in [0.717, 1.165) is 16.6 Å². The number of esters is 1. The lowest BCUT2D eigenvalue weighted by atomic mass is 10.1. The van der Waals surface area contributed by atoms with Crippen molar-refractivity contribution < 1.29 is 19.4 Å². The van der Waals surface area contributed by atoms with Crippen molar-refractivity contribution in [2.75, 3.05) is 7.11 Å². The molecule has 2 aromatic rings. The number of carboxylic acids is 1. The fourth-order valence-electron chi connectivity index (χ4n) is 2.09. The van der Waals surface area contributed by atoms with Crippen molar-refractivity contribution in [2.24, 2.45) is 7.05 Å². The minimum atomic E-state index is -1.20. The van der Waals surface area contributed by atoms with E-state index in [1.165, 1.54) is 13.2 Å². The Bertz CT molecular complexity index is 642. The van der Waals surface area contributed by atoms with Gasteiger partial charge in [-0.15, -0.1) is 0 Å². The summed E-state index contributed by atoms with van der Waals surface area (Å²) >= 11 is 0. The van der Waals surface area contributed by atoms with E-state index < -0.39 is 5.97 Å². The number of nitrogens with zero attached hydrogens (tertiary/aromatic N) is 1. The molecule has 0 unspecified atom stereocenters. The molecule has 0 radical (unpaired) electrons. The van der Waals surface area contributed by atoms with Crippen LogP contribution in [-0.4, -0.2) is 23.6 Å². The van der Waals surface area contributed by atoms with Gasteiger partial charge in [-0.2, -0.15) is 0 Å². The molecule has 100 valence electrons. The van der Waals surface area contributed by atoms with Gasteiger partial charge in [0.2, 0.25) is 0 Å². The zero-order chi connectivity index (χ0) is 14.0. The molecule has 0 spiro atoms. The average molecular weight is 260 g/mol. The molecule has 0 amide bonds. The molecular weight excluding hydrogens is 246 g/mol. The lowest BCUT2D eigenvalue weighted by Gasteiger charge is -2.05.